The summed E-state index contributed by atoms with van der Waals surface area (Å²) in [4.78, 5) is 22.3. The highest BCUT2D eigenvalue weighted by molar-refractivity contribution is 7.99. The molecule has 1 saturated heterocycles. The van der Waals surface area contributed by atoms with Gasteiger partial charge in [0.15, 0.2) is 5.82 Å². The van der Waals surface area contributed by atoms with Crippen LogP contribution in [0.2, 0.25) is 0 Å². The van der Waals surface area contributed by atoms with Crippen molar-refractivity contribution in [1.82, 2.24) is 25.3 Å². The molecule has 0 unspecified atom stereocenters. The van der Waals surface area contributed by atoms with Crippen LogP contribution in [0.25, 0.3) is 0 Å². The van der Waals surface area contributed by atoms with Crippen LogP contribution >= 0.6 is 11.8 Å². The molecule has 0 saturated carbocycles. The lowest BCUT2D eigenvalue weighted by Crippen LogP contribution is -2.44. The summed E-state index contributed by atoms with van der Waals surface area (Å²) in [7, 11) is 0. The zero-order valence-electron chi connectivity index (χ0n) is 12.7. The van der Waals surface area contributed by atoms with E-state index in [2.05, 4.69) is 20.4 Å². The Hall–Kier alpha value is -2.09. The number of aromatic nitrogens is 3. The number of hydrogen-bond donors (Lipinski definition) is 1. The number of urea groups is 1. The molecule has 2 aromatic heterocycles. The normalized spacial score (nSPS) is 15.6. The van der Waals surface area contributed by atoms with E-state index >= 15 is 0 Å². The molecular formula is C15H19N5O2S. The Balaban J connectivity index is 1.35. The van der Waals surface area contributed by atoms with Gasteiger partial charge in [0.25, 0.3) is 0 Å². The number of nitrogens with zero attached hydrogens (tertiary/aromatic N) is 4. The third-order valence-electron chi connectivity index (χ3n) is 3.79. The molecule has 0 aromatic carbocycles. The molecule has 1 aliphatic rings. The zero-order valence-corrected chi connectivity index (χ0v) is 13.5. The first-order chi connectivity index (χ1) is 11.3. The van der Waals surface area contributed by atoms with E-state index in [0.29, 0.717) is 6.54 Å². The van der Waals surface area contributed by atoms with E-state index in [9.17, 15) is 4.79 Å². The Morgan fingerprint density at radius 2 is 2.22 bits per heavy atom. The van der Waals surface area contributed by atoms with Gasteiger partial charge in [0.05, 0.1) is 5.03 Å². The van der Waals surface area contributed by atoms with Crippen molar-refractivity contribution in [1.29, 1.82) is 0 Å². The molecule has 1 aliphatic heterocycles. The highest BCUT2D eigenvalue weighted by Crippen LogP contribution is 2.25. The van der Waals surface area contributed by atoms with Crippen molar-refractivity contribution in [3.05, 3.63) is 36.6 Å². The largest absolute Gasteiger partial charge is 0.343 e. The van der Waals surface area contributed by atoms with Gasteiger partial charge in [-0.2, -0.15) is 4.98 Å². The van der Waals surface area contributed by atoms with Crippen LogP contribution in [0.3, 0.4) is 0 Å². The van der Waals surface area contributed by atoms with E-state index < -0.39 is 0 Å². The highest BCUT2D eigenvalue weighted by atomic mass is 32.2. The number of piperidine rings is 1. The molecule has 2 amide bonds. The summed E-state index contributed by atoms with van der Waals surface area (Å²) in [5, 5.41) is 7.82. The third-order valence-corrected chi connectivity index (χ3v) is 4.74. The van der Waals surface area contributed by atoms with Crippen LogP contribution in [0.4, 0.5) is 4.79 Å². The molecule has 7 nitrogen and oxygen atoms in total. The molecule has 23 heavy (non-hydrogen) atoms. The Bertz CT molecular complexity index is 600. The number of pyridine rings is 1. The first kappa shape index (κ1) is 15.8. The fourth-order valence-electron chi connectivity index (χ4n) is 2.56. The van der Waals surface area contributed by atoms with Gasteiger partial charge >= 0.3 is 6.03 Å². The van der Waals surface area contributed by atoms with Crippen molar-refractivity contribution >= 4 is 17.8 Å². The van der Waals surface area contributed by atoms with E-state index in [4.69, 9.17) is 4.52 Å². The molecule has 3 heterocycles. The highest BCUT2D eigenvalue weighted by Gasteiger charge is 2.25. The minimum Gasteiger partial charge on any atom is -0.343 e. The number of nitrogens with one attached hydrogen (secondary N) is 1. The number of thioether (sulfide) groups is 1. The smallest absolute Gasteiger partial charge is 0.317 e. The van der Waals surface area contributed by atoms with Crippen molar-refractivity contribution in [3.63, 3.8) is 0 Å². The van der Waals surface area contributed by atoms with Gasteiger partial charge in [0.1, 0.15) is 0 Å². The predicted octanol–water partition coefficient (Wildman–Crippen LogP) is 2.15. The molecule has 0 bridgehead atoms. The monoisotopic (exact) mass is 333 g/mol. The molecular weight excluding hydrogens is 314 g/mol. The standard InChI is InChI=1S/C15H19N5O2S/c21-15(17-7-10-23-13-3-1-2-6-16-13)20-8-4-12(5-9-20)14-18-11-22-19-14/h1-3,6,11-12H,4-5,7-10H2,(H,17,21). The second-order valence-corrected chi connectivity index (χ2v) is 6.41. The van der Waals surface area contributed by atoms with Crippen LogP contribution in [-0.4, -0.2) is 51.4 Å². The second kappa shape index (κ2) is 7.96. The summed E-state index contributed by atoms with van der Waals surface area (Å²) in [6.07, 6.45) is 4.87. The molecule has 1 fully saturated rings. The van der Waals surface area contributed by atoms with Gasteiger partial charge in [-0.15, -0.1) is 11.8 Å². The molecule has 0 aliphatic carbocycles. The SMILES string of the molecule is O=C(NCCSc1ccccn1)N1CCC(c2ncon2)CC1. The number of carbonyl (C=O) groups is 1. The maximum Gasteiger partial charge on any atom is 0.317 e. The Morgan fingerprint density at radius 3 is 2.91 bits per heavy atom. The fraction of sp³-hybridized carbons (Fsp3) is 0.467. The summed E-state index contributed by atoms with van der Waals surface area (Å²) in [6.45, 7) is 2.07. The number of likely N-dealkylation sites (tertiary alicyclic amines) is 1. The van der Waals surface area contributed by atoms with E-state index in [1.165, 1.54) is 6.39 Å². The maximum absolute atomic E-state index is 12.1. The van der Waals surface area contributed by atoms with Crippen molar-refractivity contribution in [2.45, 2.75) is 23.8 Å². The van der Waals surface area contributed by atoms with Crippen LogP contribution in [0.1, 0.15) is 24.6 Å². The minimum atomic E-state index is -0.00168. The van der Waals surface area contributed by atoms with Crippen LogP contribution in [0.5, 0.6) is 0 Å². The van der Waals surface area contributed by atoms with Gasteiger partial charge in [-0.1, -0.05) is 11.2 Å². The number of hydrogen-bond acceptors (Lipinski definition) is 6. The average molecular weight is 333 g/mol. The number of amides is 2. The molecule has 8 heteroatoms. The first-order valence-electron chi connectivity index (χ1n) is 7.66. The molecule has 0 radical (unpaired) electrons. The van der Waals surface area contributed by atoms with Crippen molar-refractivity contribution in [3.8, 4) is 0 Å². The second-order valence-electron chi connectivity index (χ2n) is 5.30. The summed E-state index contributed by atoms with van der Waals surface area (Å²) < 4.78 is 4.78. The summed E-state index contributed by atoms with van der Waals surface area (Å²) >= 11 is 1.64. The van der Waals surface area contributed by atoms with E-state index in [1.807, 2.05) is 23.1 Å². The molecule has 2 aromatic rings. The van der Waals surface area contributed by atoms with Crippen LogP contribution in [0, 0.1) is 0 Å². The van der Waals surface area contributed by atoms with Gasteiger partial charge in [0.2, 0.25) is 6.39 Å². The number of carbonyl (C=O) groups excluding carboxylic acids is 1. The third kappa shape index (κ3) is 4.44. The van der Waals surface area contributed by atoms with Gasteiger partial charge in [-0.25, -0.2) is 9.78 Å². The predicted molar refractivity (Wildman–Crippen MR) is 86.2 cm³/mol. The zero-order chi connectivity index (χ0) is 15.9. The quantitative estimate of drug-likeness (QED) is 0.667. The Kier molecular flexibility index (Phi) is 5.46. The molecule has 0 atom stereocenters. The van der Waals surface area contributed by atoms with Crippen molar-refractivity contribution in [2.24, 2.45) is 0 Å². The van der Waals surface area contributed by atoms with Gasteiger partial charge in [-0.3, -0.25) is 0 Å². The van der Waals surface area contributed by atoms with Gasteiger partial charge in [0, 0.05) is 37.5 Å². The van der Waals surface area contributed by atoms with Crippen molar-refractivity contribution in [2.75, 3.05) is 25.4 Å². The Morgan fingerprint density at radius 1 is 1.35 bits per heavy atom. The van der Waals surface area contributed by atoms with Gasteiger partial charge < -0.3 is 14.7 Å². The van der Waals surface area contributed by atoms with E-state index in [1.54, 1.807) is 18.0 Å². The fourth-order valence-corrected chi connectivity index (χ4v) is 3.28. The van der Waals surface area contributed by atoms with Crippen molar-refractivity contribution < 1.29 is 9.32 Å². The molecule has 1 N–H and O–H groups in total. The minimum absolute atomic E-state index is 0.00168. The Labute approximate surface area is 138 Å². The summed E-state index contributed by atoms with van der Waals surface area (Å²) in [6, 6.07) is 5.82. The molecule has 122 valence electrons. The molecule has 3 rings (SSSR count). The molecule has 0 spiro atoms. The summed E-state index contributed by atoms with van der Waals surface area (Å²) in [5.74, 6) is 1.84. The van der Waals surface area contributed by atoms with E-state index in [-0.39, 0.29) is 11.9 Å². The lowest BCUT2D eigenvalue weighted by molar-refractivity contribution is 0.180. The van der Waals surface area contributed by atoms with E-state index in [0.717, 1.165) is 42.5 Å². The average Bonchev–Trinajstić information content (AvgIpc) is 3.14. The number of rotatable bonds is 5. The van der Waals surface area contributed by atoms with Crippen LogP contribution in [0.15, 0.2) is 40.3 Å². The topological polar surface area (TPSA) is 84.2 Å². The maximum atomic E-state index is 12.1. The summed E-state index contributed by atoms with van der Waals surface area (Å²) in [5.41, 5.74) is 0. The van der Waals surface area contributed by atoms with Crippen LogP contribution in [-0.2, 0) is 0 Å². The lowest BCUT2D eigenvalue weighted by atomic mass is 9.96. The first-order valence-corrected chi connectivity index (χ1v) is 8.64. The lowest BCUT2D eigenvalue weighted by Gasteiger charge is -2.30. The van der Waals surface area contributed by atoms with Crippen LogP contribution < -0.4 is 5.32 Å². The van der Waals surface area contributed by atoms with Gasteiger partial charge in [-0.05, 0) is 25.0 Å².